The zero-order valence-corrected chi connectivity index (χ0v) is 14.7. The summed E-state index contributed by atoms with van der Waals surface area (Å²) in [5, 5.41) is 17.0. The van der Waals surface area contributed by atoms with Crippen LogP contribution in [0.2, 0.25) is 0 Å². The van der Waals surface area contributed by atoms with Crippen molar-refractivity contribution in [3.8, 4) is 11.4 Å². The van der Waals surface area contributed by atoms with Crippen molar-refractivity contribution in [3.63, 3.8) is 0 Å². The van der Waals surface area contributed by atoms with Crippen LogP contribution in [0.25, 0.3) is 5.69 Å². The van der Waals surface area contributed by atoms with Crippen LogP contribution in [0.4, 0.5) is 0 Å². The van der Waals surface area contributed by atoms with Crippen LogP contribution in [0.3, 0.4) is 0 Å². The van der Waals surface area contributed by atoms with Gasteiger partial charge in [0.2, 0.25) is 5.91 Å². The van der Waals surface area contributed by atoms with Crippen LogP contribution in [0, 0.1) is 5.92 Å². The van der Waals surface area contributed by atoms with Crippen LogP contribution in [-0.4, -0.2) is 34.0 Å². The van der Waals surface area contributed by atoms with Crippen LogP contribution in [0.15, 0.2) is 36.7 Å². The molecule has 1 atom stereocenters. The molecule has 1 aliphatic rings. The van der Waals surface area contributed by atoms with Crippen LogP contribution in [0.1, 0.15) is 44.2 Å². The SMILES string of the molecule is COc1ccccc1-n1cc(C(C)NC(=O)C2CCC(O)CC2)cn1. The molecular formula is C19H25N3O3. The van der Waals surface area contributed by atoms with Crippen molar-refractivity contribution in [2.24, 2.45) is 5.92 Å². The van der Waals surface area contributed by atoms with Crippen molar-refractivity contribution in [1.29, 1.82) is 0 Å². The van der Waals surface area contributed by atoms with Gasteiger partial charge >= 0.3 is 0 Å². The molecule has 3 rings (SSSR count). The molecule has 1 aromatic heterocycles. The molecule has 0 spiro atoms. The van der Waals surface area contributed by atoms with Gasteiger partial charge in [-0.3, -0.25) is 4.79 Å². The van der Waals surface area contributed by atoms with Crippen LogP contribution in [0.5, 0.6) is 5.75 Å². The Morgan fingerprint density at radius 2 is 2.04 bits per heavy atom. The number of carbonyl (C=O) groups excluding carboxylic acids is 1. The second-order valence-electron chi connectivity index (χ2n) is 6.63. The van der Waals surface area contributed by atoms with E-state index in [9.17, 15) is 9.90 Å². The van der Waals surface area contributed by atoms with E-state index in [1.807, 2.05) is 37.4 Å². The van der Waals surface area contributed by atoms with Gasteiger partial charge in [-0.15, -0.1) is 0 Å². The van der Waals surface area contributed by atoms with E-state index in [0.29, 0.717) is 12.8 Å². The first-order valence-corrected chi connectivity index (χ1v) is 8.75. The first-order valence-electron chi connectivity index (χ1n) is 8.75. The number of hydrogen-bond donors (Lipinski definition) is 2. The molecule has 1 saturated carbocycles. The molecule has 6 heteroatoms. The minimum atomic E-state index is -0.249. The molecular weight excluding hydrogens is 318 g/mol. The molecule has 25 heavy (non-hydrogen) atoms. The number of nitrogens with zero attached hydrogens (tertiary/aromatic N) is 2. The average molecular weight is 343 g/mol. The Hall–Kier alpha value is -2.34. The second kappa shape index (κ2) is 7.70. The number of aliphatic hydroxyl groups is 1. The summed E-state index contributed by atoms with van der Waals surface area (Å²) in [7, 11) is 1.63. The van der Waals surface area contributed by atoms with Gasteiger partial charge in [0.15, 0.2) is 0 Å². The summed E-state index contributed by atoms with van der Waals surface area (Å²) in [6.07, 6.45) is 6.34. The van der Waals surface area contributed by atoms with Gasteiger partial charge in [0.25, 0.3) is 0 Å². The predicted octanol–water partition coefficient (Wildman–Crippen LogP) is 2.61. The monoisotopic (exact) mass is 343 g/mol. The molecule has 0 radical (unpaired) electrons. The summed E-state index contributed by atoms with van der Waals surface area (Å²) < 4.78 is 7.13. The predicted molar refractivity (Wildman–Crippen MR) is 94.6 cm³/mol. The number of nitrogens with one attached hydrogen (secondary N) is 1. The molecule has 0 saturated heterocycles. The van der Waals surface area contributed by atoms with Gasteiger partial charge in [-0.05, 0) is 44.7 Å². The first kappa shape index (κ1) is 17.5. The lowest BCUT2D eigenvalue weighted by Crippen LogP contribution is -2.35. The van der Waals surface area contributed by atoms with Gasteiger partial charge in [0.1, 0.15) is 11.4 Å². The molecule has 1 aromatic carbocycles. The molecule has 2 aromatic rings. The summed E-state index contributed by atoms with van der Waals surface area (Å²) in [5.74, 6) is 0.800. The van der Waals surface area contributed by atoms with Crippen molar-refractivity contribution in [2.45, 2.75) is 44.8 Å². The Bertz CT molecular complexity index is 720. The second-order valence-corrected chi connectivity index (χ2v) is 6.63. The number of hydrogen-bond acceptors (Lipinski definition) is 4. The highest BCUT2D eigenvalue weighted by Crippen LogP contribution is 2.26. The lowest BCUT2D eigenvalue weighted by molar-refractivity contribution is -0.127. The molecule has 1 heterocycles. The number of para-hydroxylation sites is 2. The Kier molecular flexibility index (Phi) is 5.38. The van der Waals surface area contributed by atoms with E-state index in [1.54, 1.807) is 18.0 Å². The van der Waals surface area contributed by atoms with E-state index in [4.69, 9.17) is 4.74 Å². The maximum atomic E-state index is 12.4. The maximum absolute atomic E-state index is 12.4. The number of benzene rings is 1. The fourth-order valence-electron chi connectivity index (χ4n) is 3.26. The topological polar surface area (TPSA) is 76.4 Å². The van der Waals surface area contributed by atoms with Gasteiger partial charge in [-0.1, -0.05) is 12.1 Å². The molecule has 0 aliphatic heterocycles. The molecule has 0 bridgehead atoms. The first-order chi connectivity index (χ1) is 12.1. The number of carbonyl (C=O) groups is 1. The molecule has 1 aliphatic carbocycles. The lowest BCUT2D eigenvalue weighted by Gasteiger charge is -2.25. The third-order valence-electron chi connectivity index (χ3n) is 4.86. The maximum Gasteiger partial charge on any atom is 0.223 e. The van der Waals surface area contributed by atoms with E-state index in [2.05, 4.69) is 10.4 Å². The Morgan fingerprint density at radius 1 is 1.32 bits per heavy atom. The van der Waals surface area contributed by atoms with Crippen molar-refractivity contribution in [3.05, 3.63) is 42.2 Å². The van der Waals surface area contributed by atoms with Crippen molar-refractivity contribution >= 4 is 5.91 Å². The third-order valence-corrected chi connectivity index (χ3v) is 4.86. The summed E-state index contributed by atoms with van der Waals surface area (Å²) in [6, 6.07) is 7.55. The van der Waals surface area contributed by atoms with Gasteiger partial charge in [0, 0.05) is 17.7 Å². The summed E-state index contributed by atoms with van der Waals surface area (Å²) in [4.78, 5) is 12.4. The Balaban J connectivity index is 1.66. The smallest absolute Gasteiger partial charge is 0.223 e. The fourth-order valence-corrected chi connectivity index (χ4v) is 3.26. The van der Waals surface area contributed by atoms with E-state index >= 15 is 0 Å². The highest BCUT2D eigenvalue weighted by atomic mass is 16.5. The lowest BCUT2D eigenvalue weighted by atomic mass is 9.86. The summed E-state index contributed by atoms with van der Waals surface area (Å²) in [5.41, 5.74) is 1.80. The molecule has 2 N–H and O–H groups in total. The molecule has 1 amide bonds. The Labute approximate surface area is 147 Å². The number of aromatic nitrogens is 2. The zero-order valence-electron chi connectivity index (χ0n) is 14.7. The van der Waals surface area contributed by atoms with Crippen LogP contribution in [-0.2, 0) is 4.79 Å². The molecule has 1 fully saturated rings. The van der Waals surface area contributed by atoms with Gasteiger partial charge in [-0.25, -0.2) is 4.68 Å². The van der Waals surface area contributed by atoms with Crippen molar-refractivity contribution in [1.82, 2.24) is 15.1 Å². The molecule has 1 unspecified atom stereocenters. The minimum Gasteiger partial charge on any atom is -0.494 e. The van der Waals surface area contributed by atoms with Gasteiger partial charge in [-0.2, -0.15) is 5.10 Å². The third kappa shape index (κ3) is 4.02. The summed E-state index contributed by atoms with van der Waals surface area (Å²) >= 11 is 0. The average Bonchev–Trinajstić information content (AvgIpc) is 3.12. The van der Waals surface area contributed by atoms with Crippen molar-refractivity contribution < 1.29 is 14.6 Å². The highest BCUT2D eigenvalue weighted by Gasteiger charge is 2.26. The van der Waals surface area contributed by atoms with Crippen LogP contribution < -0.4 is 10.1 Å². The van der Waals surface area contributed by atoms with E-state index in [-0.39, 0.29) is 24.0 Å². The molecule has 134 valence electrons. The number of aliphatic hydroxyl groups excluding tert-OH is 1. The van der Waals surface area contributed by atoms with E-state index in [0.717, 1.165) is 29.8 Å². The quantitative estimate of drug-likeness (QED) is 0.875. The fraction of sp³-hybridized carbons (Fsp3) is 0.474. The molecule has 6 nitrogen and oxygen atoms in total. The van der Waals surface area contributed by atoms with E-state index < -0.39 is 0 Å². The standard InChI is InChI=1S/C19H25N3O3/c1-13(21-19(24)14-7-9-16(23)10-8-14)15-11-20-22(12-15)17-5-3-4-6-18(17)25-2/h3-6,11-14,16,23H,7-10H2,1-2H3,(H,21,24). The normalized spacial score (nSPS) is 21.6. The number of methoxy groups -OCH3 is 1. The van der Waals surface area contributed by atoms with Gasteiger partial charge in [0.05, 0.1) is 25.5 Å². The largest absolute Gasteiger partial charge is 0.494 e. The van der Waals surface area contributed by atoms with Crippen molar-refractivity contribution in [2.75, 3.05) is 7.11 Å². The highest BCUT2D eigenvalue weighted by molar-refractivity contribution is 5.79. The minimum absolute atomic E-state index is 0.00453. The Morgan fingerprint density at radius 3 is 2.76 bits per heavy atom. The summed E-state index contributed by atoms with van der Waals surface area (Å²) in [6.45, 7) is 1.96. The van der Waals surface area contributed by atoms with E-state index in [1.165, 1.54) is 0 Å². The number of amides is 1. The number of ether oxygens (including phenoxy) is 1. The van der Waals surface area contributed by atoms with Crippen LogP contribution >= 0.6 is 0 Å². The zero-order chi connectivity index (χ0) is 17.8. The van der Waals surface area contributed by atoms with Gasteiger partial charge < -0.3 is 15.2 Å². The number of rotatable bonds is 5.